The molecule has 0 spiro atoms. The molecule has 0 heterocycles. The predicted molar refractivity (Wildman–Crippen MR) is 69.1 cm³/mol. The number of carbonyl (C=O) groups is 1. The Kier molecular flexibility index (Phi) is 2.23. The van der Waals surface area contributed by atoms with Gasteiger partial charge in [0.05, 0.1) is 0 Å². The van der Waals surface area contributed by atoms with E-state index in [0.717, 1.165) is 19.3 Å². The molecule has 3 aliphatic carbocycles. The minimum Gasteiger partial charge on any atom is -0.299 e. The molecule has 0 saturated heterocycles. The van der Waals surface area contributed by atoms with E-state index in [0.29, 0.717) is 5.78 Å². The van der Waals surface area contributed by atoms with E-state index in [-0.39, 0.29) is 10.8 Å². The fraction of sp³-hybridized carbons (Fsp3) is 0.562. The van der Waals surface area contributed by atoms with Gasteiger partial charge in [0.15, 0.2) is 0 Å². The van der Waals surface area contributed by atoms with Crippen LogP contribution in [0.5, 0.6) is 0 Å². The highest BCUT2D eigenvalue weighted by Gasteiger charge is 2.52. The van der Waals surface area contributed by atoms with Crippen LogP contribution in [0.3, 0.4) is 0 Å². The lowest BCUT2D eigenvalue weighted by atomic mass is 9.52. The first kappa shape index (κ1) is 11.0. The molecular weight excluding hydrogens is 208 g/mol. The molecular formula is C16H20O. The summed E-state index contributed by atoms with van der Waals surface area (Å²) < 4.78 is 0. The molecule has 0 amide bonds. The Morgan fingerprint density at radius 2 is 1.59 bits per heavy atom. The third-order valence-corrected chi connectivity index (χ3v) is 5.15. The Balaban J connectivity index is 1.98. The molecule has 1 heteroatoms. The van der Waals surface area contributed by atoms with E-state index in [2.05, 4.69) is 38.1 Å². The van der Waals surface area contributed by atoms with E-state index < -0.39 is 0 Å². The summed E-state index contributed by atoms with van der Waals surface area (Å²) >= 11 is 0. The second-order valence-corrected chi connectivity index (χ2v) is 6.31. The van der Waals surface area contributed by atoms with Crippen LogP contribution in [0.4, 0.5) is 0 Å². The zero-order chi connectivity index (χ0) is 12.1. The Bertz CT molecular complexity index is 447. The number of Topliss-reactive ketones (excluding diaryl/α,β-unsaturated/α-hetero) is 1. The van der Waals surface area contributed by atoms with Crippen molar-refractivity contribution in [3.63, 3.8) is 0 Å². The normalized spacial score (nSPS) is 36.2. The Hall–Kier alpha value is -1.11. The van der Waals surface area contributed by atoms with Gasteiger partial charge in [-0.25, -0.2) is 0 Å². The van der Waals surface area contributed by atoms with Crippen molar-refractivity contribution in [2.24, 2.45) is 5.41 Å². The molecule has 0 N–H and O–H groups in total. The standard InChI is InChI=1S/C16H20O/c1-12-3-5-13(6-4-12)16-9-7-15(2,8-10-16)14(17)11-16/h3-6H,7-11H2,1-2H3. The largest absolute Gasteiger partial charge is 0.299 e. The monoisotopic (exact) mass is 228 g/mol. The average Bonchev–Trinajstić information content (AvgIpc) is 2.32. The van der Waals surface area contributed by atoms with Crippen molar-refractivity contribution >= 4 is 5.78 Å². The number of benzene rings is 1. The Labute approximate surface area is 103 Å². The van der Waals surface area contributed by atoms with Crippen molar-refractivity contribution in [1.29, 1.82) is 0 Å². The summed E-state index contributed by atoms with van der Waals surface area (Å²) in [7, 11) is 0. The summed E-state index contributed by atoms with van der Waals surface area (Å²) in [6.45, 7) is 4.28. The summed E-state index contributed by atoms with van der Waals surface area (Å²) in [4.78, 5) is 12.2. The number of hydrogen-bond donors (Lipinski definition) is 0. The van der Waals surface area contributed by atoms with Crippen molar-refractivity contribution in [1.82, 2.24) is 0 Å². The number of fused-ring (bicyclic) bond motifs is 3. The van der Waals surface area contributed by atoms with E-state index in [1.54, 1.807) is 0 Å². The van der Waals surface area contributed by atoms with Crippen molar-refractivity contribution in [2.75, 3.05) is 0 Å². The van der Waals surface area contributed by atoms with Gasteiger partial charge in [0.2, 0.25) is 0 Å². The lowest BCUT2D eigenvalue weighted by Crippen LogP contribution is -2.49. The van der Waals surface area contributed by atoms with Gasteiger partial charge in [-0.3, -0.25) is 4.79 Å². The van der Waals surface area contributed by atoms with Crippen LogP contribution in [0, 0.1) is 12.3 Å². The van der Waals surface area contributed by atoms with Gasteiger partial charge in [-0.2, -0.15) is 0 Å². The lowest BCUT2D eigenvalue weighted by Gasteiger charge is -2.51. The van der Waals surface area contributed by atoms with E-state index in [1.165, 1.54) is 24.0 Å². The molecule has 0 aromatic heterocycles. The number of ketones is 1. The highest BCUT2D eigenvalue weighted by atomic mass is 16.1. The van der Waals surface area contributed by atoms with Gasteiger partial charge >= 0.3 is 0 Å². The second-order valence-electron chi connectivity index (χ2n) is 6.31. The number of hydrogen-bond acceptors (Lipinski definition) is 1. The summed E-state index contributed by atoms with van der Waals surface area (Å²) in [5, 5.41) is 0. The number of rotatable bonds is 1. The van der Waals surface area contributed by atoms with Crippen molar-refractivity contribution in [2.45, 2.75) is 51.4 Å². The highest BCUT2D eigenvalue weighted by molar-refractivity contribution is 5.87. The molecule has 90 valence electrons. The Morgan fingerprint density at radius 1 is 1.00 bits per heavy atom. The highest BCUT2D eigenvalue weighted by Crippen LogP contribution is 2.55. The maximum Gasteiger partial charge on any atom is 0.139 e. The molecule has 17 heavy (non-hydrogen) atoms. The zero-order valence-electron chi connectivity index (χ0n) is 10.8. The maximum atomic E-state index is 12.2. The van der Waals surface area contributed by atoms with Crippen molar-refractivity contribution < 1.29 is 4.79 Å². The van der Waals surface area contributed by atoms with Crippen LogP contribution >= 0.6 is 0 Å². The smallest absolute Gasteiger partial charge is 0.139 e. The molecule has 0 atom stereocenters. The van der Waals surface area contributed by atoms with E-state index in [4.69, 9.17) is 0 Å². The summed E-state index contributed by atoms with van der Waals surface area (Å²) in [6.07, 6.45) is 5.32. The molecule has 1 aromatic carbocycles. The van der Waals surface area contributed by atoms with Gasteiger partial charge in [-0.05, 0) is 38.2 Å². The minimum absolute atomic E-state index is 0.00640. The molecule has 0 aliphatic heterocycles. The van der Waals surface area contributed by atoms with Gasteiger partial charge in [0.25, 0.3) is 0 Å². The fourth-order valence-electron chi connectivity index (χ4n) is 3.55. The average molecular weight is 228 g/mol. The molecule has 3 aliphatic rings. The van der Waals surface area contributed by atoms with Gasteiger partial charge in [0.1, 0.15) is 5.78 Å². The SMILES string of the molecule is Cc1ccc(C23CCC(C)(CC2)C(=O)C3)cc1. The molecule has 4 rings (SSSR count). The van der Waals surface area contributed by atoms with Gasteiger partial charge in [-0.15, -0.1) is 0 Å². The Morgan fingerprint density at radius 3 is 2.12 bits per heavy atom. The van der Waals surface area contributed by atoms with Crippen LogP contribution in [0.15, 0.2) is 24.3 Å². The zero-order valence-corrected chi connectivity index (χ0v) is 10.8. The van der Waals surface area contributed by atoms with Crippen LogP contribution in [0.2, 0.25) is 0 Å². The third-order valence-electron chi connectivity index (χ3n) is 5.15. The molecule has 0 radical (unpaired) electrons. The molecule has 0 unspecified atom stereocenters. The van der Waals surface area contributed by atoms with Crippen molar-refractivity contribution in [3.8, 4) is 0 Å². The molecule has 3 saturated carbocycles. The van der Waals surface area contributed by atoms with E-state index in [9.17, 15) is 4.79 Å². The van der Waals surface area contributed by atoms with Crippen LogP contribution in [0.1, 0.15) is 50.2 Å². The predicted octanol–water partition coefficient (Wildman–Crippen LogP) is 3.79. The van der Waals surface area contributed by atoms with Gasteiger partial charge in [-0.1, -0.05) is 36.8 Å². The van der Waals surface area contributed by atoms with Crippen LogP contribution in [-0.2, 0) is 10.2 Å². The number of aryl methyl sites for hydroxylation is 1. The molecule has 1 aromatic rings. The van der Waals surface area contributed by atoms with Gasteiger partial charge < -0.3 is 0 Å². The van der Waals surface area contributed by atoms with Crippen LogP contribution in [-0.4, -0.2) is 5.78 Å². The summed E-state index contributed by atoms with van der Waals surface area (Å²) in [5.74, 6) is 0.496. The van der Waals surface area contributed by atoms with Gasteiger partial charge in [0, 0.05) is 17.3 Å². The first-order valence-corrected chi connectivity index (χ1v) is 6.65. The van der Waals surface area contributed by atoms with Crippen LogP contribution < -0.4 is 0 Å². The fourth-order valence-corrected chi connectivity index (χ4v) is 3.55. The van der Waals surface area contributed by atoms with Crippen LogP contribution in [0.25, 0.3) is 0 Å². The van der Waals surface area contributed by atoms with E-state index in [1.807, 2.05) is 0 Å². The summed E-state index contributed by atoms with van der Waals surface area (Å²) in [6, 6.07) is 8.82. The summed E-state index contributed by atoms with van der Waals surface area (Å²) in [5.41, 5.74) is 2.86. The maximum absolute atomic E-state index is 12.2. The molecule has 1 nitrogen and oxygen atoms in total. The molecule has 2 bridgehead atoms. The molecule has 3 fully saturated rings. The topological polar surface area (TPSA) is 17.1 Å². The first-order chi connectivity index (χ1) is 8.04. The third kappa shape index (κ3) is 1.55. The minimum atomic E-state index is 0.00640. The quantitative estimate of drug-likeness (QED) is 0.714. The lowest BCUT2D eigenvalue weighted by molar-refractivity contribution is -0.138. The number of carbonyl (C=O) groups excluding carboxylic acids is 1. The second kappa shape index (κ2) is 3.44. The van der Waals surface area contributed by atoms with Crippen molar-refractivity contribution in [3.05, 3.63) is 35.4 Å². The first-order valence-electron chi connectivity index (χ1n) is 6.65. The van der Waals surface area contributed by atoms with E-state index >= 15 is 0 Å².